The molecule has 0 spiro atoms. The lowest BCUT2D eigenvalue weighted by molar-refractivity contribution is 0.569. The first-order valence-electron chi connectivity index (χ1n) is 6.90. The molecule has 0 saturated heterocycles. The summed E-state index contributed by atoms with van der Waals surface area (Å²) < 4.78 is 0. The molecule has 0 N–H and O–H groups in total. The topological polar surface area (TPSA) is 17.1 Å². The van der Waals surface area contributed by atoms with Crippen LogP contribution >= 0.6 is 7.26 Å². The molecule has 0 fully saturated rings. The zero-order valence-corrected chi connectivity index (χ0v) is 12.5. The Labute approximate surface area is 133 Å². The van der Waals surface area contributed by atoms with Crippen molar-refractivity contribution >= 4 is 29.2 Å². The maximum Gasteiger partial charge on any atom is 0.271 e. The Balaban J connectivity index is 0.00000176. The van der Waals surface area contributed by atoms with Gasteiger partial charge in [0.15, 0.2) is 7.26 Å². The molecule has 0 unspecified atom stereocenters. The van der Waals surface area contributed by atoms with Crippen molar-refractivity contribution in [3.05, 3.63) is 91.0 Å². The summed E-state index contributed by atoms with van der Waals surface area (Å²) in [6, 6.07) is 31.5. The van der Waals surface area contributed by atoms with Gasteiger partial charge in [0, 0.05) is 0 Å². The van der Waals surface area contributed by atoms with E-state index in [2.05, 4.69) is 36.4 Å². The van der Waals surface area contributed by atoms with E-state index in [0.29, 0.717) is 0 Å². The molecular formula is C20H20OP+. The van der Waals surface area contributed by atoms with E-state index in [4.69, 9.17) is 0 Å². The molecule has 0 aliphatic carbocycles. The zero-order valence-electron chi connectivity index (χ0n) is 11.6. The normalized spacial score (nSPS) is 10.5. The third kappa shape index (κ3) is 2.73. The minimum atomic E-state index is -2.21. The Morgan fingerprint density at radius 3 is 1.05 bits per heavy atom. The van der Waals surface area contributed by atoms with Crippen molar-refractivity contribution in [2.75, 3.05) is 0 Å². The third-order valence-corrected chi connectivity index (χ3v) is 7.30. The maximum atomic E-state index is 12.3. The Kier molecular flexibility index (Phi) is 5.25. The standard InChI is InChI=1S/C19H16OP.CH4/c20-16-21(17-10-4-1-5-11-17,18-12-6-2-7-13-18)19-14-8-3-9-15-19;/h1-16H;1H4/q+1;. The third-order valence-electron chi connectivity index (χ3n) is 3.65. The van der Waals surface area contributed by atoms with Gasteiger partial charge in [0.25, 0.3) is 6.03 Å². The molecule has 110 valence electrons. The second kappa shape index (κ2) is 7.15. The fraction of sp³-hybridized carbons (Fsp3) is 0.0500. The van der Waals surface area contributed by atoms with Crippen molar-refractivity contribution in [1.29, 1.82) is 0 Å². The molecule has 0 saturated carbocycles. The molecule has 3 rings (SSSR count). The summed E-state index contributed by atoms with van der Waals surface area (Å²) in [5.41, 5.74) is 0. The van der Waals surface area contributed by atoms with Crippen molar-refractivity contribution in [1.82, 2.24) is 0 Å². The lowest BCUT2D eigenvalue weighted by atomic mass is 10.4. The van der Waals surface area contributed by atoms with E-state index >= 15 is 0 Å². The molecular weight excluding hydrogens is 287 g/mol. The summed E-state index contributed by atoms with van der Waals surface area (Å²) in [5, 5.41) is 3.28. The van der Waals surface area contributed by atoms with Crippen LogP contribution < -0.4 is 15.9 Å². The molecule has 0 aliphatic heterocycles. The predicted octanol–water partition coefficient (Wildman–Crippen LogP) is 3.81. The molecule has 0 heterocycles. The molecule has 0 amide bonds. The molecule has 0 radical (unpaired) electrons. The van der Waals surface area contributed by atoms with Crippen LogP contribution in [0, 0.1) is 0 Å². The molecule has 2 heteroatoms. The number of benzene rings is 3. The van der Waals surface area contributed by atoms with Crippen LogP contribution in [-0.4, -0.2) is 6.03 Å². The molecule has 3 aromatic rings. The molecule has 0 aromatic heterocycles. The average Bonchev–Trinajstić information content (AvgIpc) is 2.59. The van der Waals surface area contributed by atoms with Gasteiger partial charge in [0.2, 0.25) is 0 Å². The highest BCUT2D eigenvalue weighted by atomic mass is 31.2. The van der Waals surface area contributed by atoms with Crippen molar-refractivity contribution in [3.8, 4) is 0 Å². The van der Waals surface area contributed by atoms with Crippen LogP contribution in [0.4, 0.5) is 0 Å². The summed E-state index contributed by atoms with van der Waals surface area (Å²) in [5.74, 6) is 0. The van der Waals surface area contributed by atoms with Gasteiger partial charge in [0.1, 0.15) is 15.9 Å². The Morgan fingerprint density at radius 2 is 0.818 bits per heavy atom. The van der Waals surface area contributed by atoms with E-state index in [0.717, 1.165) is 21.9 Å². The van der Waals surface area contributed by atoms with Crippen LogP contribution in [0.1, 0.15) is 7.43 Å². The zero-order chi connectivity index (χ0) is 14.5. The number of carbonyl (C=O) groups is 1. The van der Waals surface area contributed by atoms with Crippen LogP contribution in [0.25, 0.3) is 0 Å². The smallest absolute Gasteiger partial charge is 0.255 e. The Morgan fingerprint density at radius 1 is 0.545 bits per heavy atom. The second-order valence-electron chi connectivity index (χ2n) is 4.83. The molecule has 0 bridgehead atoms. The molecule has 0 atom stereocenters. The summed E-state index contributed by atoms with van der Waals surface area (Å²) in [6.45, 7) is 0. The maximum absolute atomic E-state index is 12.3. The molecule has 3 aromatic carbocycles. The van der Waals surface area contributed by atoms with E-state index in [-0.39, 0.29) is 7.43 Å². The average molecular weight is 307 g/mol. The number of rotatable bonds is 4. The summed E-state index contributed by atoms with van der Waals surface area (Å²) >= 11 is 0. The fourth-order valence-corrected chi connectivity index (χ4v) is 5.81. The first-order chi connectivity index (χ1) is 10.4. The molecule has 22 heavy (non-hydrogen) atoms. The first kappa shape index (κ1) is 16.1. The van der Waals surface area contributed by atoms with Crippen LogP contribution in [-0.2, 0) is 4.79 Å². The molecule has 0 aliphatic rings. The minimum Gasteiger partial charge on any atom is -0.255 e. The van der Waals surface area contributed by atoms with Gasteiger partial charge in [0.05, 0.1) is 0 Å². The van der Waals surface area contributed by atoms with Gasteiger partial charge < -0.3 is 0 Å². The number of hydrogen-bond donors (Lipinski definition) is 0. The highest BCUT2D eigenvalue weighted by molar-refractivity contribution is 8.06. The highest BCUT2D eigenvalue weighted by Crippen LogP contribution is 2.52. The Bertz CT molecular complexity index is 612. The highest BCUT2D eigenvalue weighted by Gasteiger charge is 2.45. The van der Waals surface area contributed by atoms with E-state index in [1.807, 2.05) is 54.6 Å². The van der Waals surface area contributed by atoms with Crippen LogP contribution in [0.3, 0.4) is 0 Å². The monoisotopic (exact) mass is 307 g/mol. The van der Waals surface area contributed by atoms with Crippen LogP contribution in [0.15, 0.2) is 91.0 Å². The lowest BCUT2D eigenvalue weighted by Crippen LogP contribution is -2.31. The van der Waals surface area contributed by atoms with Gasteiger partial charge in [-0.25, -0.2) is 0 Å². The van der Waals surface area contributed by atoms with Crippen molar-refractivity contribution in [3.63, 3.8) is 0 Å². The van der Waals surface area contributed by atoms with Gasteiger partial charge in [-0.3, -0.25) is 4.79 Å². The Hall–Kier alpha value is -2.24. The van der Waals surface area contributed by atoms with Gasteiger partial charge >= 0.3 is 0 Å². The number of carbonyl (C=O) groups excluding carboxylic acids is 1. The largest absolute Gasteiger partial charge is 0.271 e. The van der Waals surface area contributed by atoms with Crippen molar-refractivity contribution in [2.24, 2.45) is 0 Å². The van der Waals surface area contributed by atoms with E-state index in [1.54, 1.807) is 0 Å². The summed E-state index contributed by atoms with van der Waals surface area (Å²) in [6.07, 6.45) is 0. The fourth-order valence-electron chi connectivity index (χ4n) is 2.62. The van der Waals surface area contributed by atoms with Crippen LogP contribution in [0.5, 0.6) is 0 Å². The van der Waals surface area contributed by atoms with Crippen LogP contribution in [0.2, 0.25) is 0 Å². The van der Waals surface area contributed by atoms with Gasteiger partial charge in [-0.05, 0) is 36.4 Å². The first-order valence-corrected chi connectivity index (χ1v) is 8.75. The minimum absolute atomic E-state index is 0. The predicted molar refractivity (Wildman–Crippen MR) is 98.6 cm³/mol. The quantitative estimate of drug-likeness (QED) is 0.529. The lowest BCUT2D eigenvalue weighted by Gasteiger charge is -2.20. The SMILES string of the molecule is C.O=C[P+](c1ccccc1)(c1ccccc1)c1ccccc1. The van der Waals surface area contributed by atoms with Gasteiger partial charge in [-0.2, -0.15) is 0 Å². The second-order valence-corrected chi connectivity index (χ2v) is 8.04. The van der Waals surface area contributed by atoms with Gasteiger partial charge in [-0.1, -0.05) is 62.0 Å². The van der Waals surface area contributed by atoms with E-state index < -0.39 is 7.26 Å². The van der Waals surface area contributed by atoms with E-state index in [1.165, 1.54) is 0 Å². The van der Waals surface area contributed by atoms with Crippen molar-refractivity contribution in [2.45, 2.75) is 7.43 Å². The van der Waals surface area contributed by atoms with Gasteiger partial charge in [-0.15, -0.1) is 0 Å². The summed E-state index contributed by atoms with van der Waals surface area (Å²) in [4.78, 5) is 12.3. The van der Waals surface area contributed by atoms with E-state index in [9.17, 15) is 4.79 Å². The number of hydrogen-bond acceptors (Lipinski definition) is 1. The molecule has 1 nitrogen and oxygen atoms in total. The summed E-state index contributed by atoms with van der Waals surface area (Å²) in [7, 11) is -2.21. The van der Waals surface area contributed by atoms with Crippen molar-refractivity contribution < 1.29 is 4.79 Å².